The Balaban J connectivity index is 3.54. The average molecular weight is 141 g/mol. The van der Waals surface area contributed by atoms with Crippen LogP contribution in [0.2, 0.25) is 0 Å². The van der Waals surface area contributed by atoms with E-state index in [1.165, 1.54) is 0 Å². The van der Waals surface area contributed by atoms with Crippen LogP contribution < -0.4 is 0 Å². The molecule has 0 aromatic heterocycles. The molecule has 0 aromatic rings. The van der Waals surface area contributed by atoms with Crippen LogP contribution in [0.25, 0.3) is 0 Å². The molecule has 0 saturated carbocycles. The number of hydrogen-bond donors (Lipinski definition) is 0. The molecule has 0 radical (unpaired) electrons. The summed E-state index contributed by atoms with van der Waals surface area (Å²) in [5, 5.41) is 0. The van der Waals surface area contributed by atoms with Gasteiger partial charge < -0.3 is 4.90 Å². The normalized spacial score (nSPS) is 10.0. The topological polar surface area (TPSA) is 20.3 Å². The van der Waals surface area contributed by atoms with E-state index >= 15 is 0 Å². The second-order valence-electron chi connectivity index (χ2n) is 2.91. The van der Waals surface area contributed by atoms with Gasteiger partial charge in [-0.15, -0.1) is 0 Å². The first-order chi connectivity index (χ1) is 4.52. The largest absolute Gasteiger partial charge is 0.302 e. The molecule has 0 atom stereocenters. The molecular formula is C8H15NO. The van der Waals surface area contributed by atoms with Crippen LogP contribution in [-0.4, -0.2) is 31.3 Å². The number of rotatable bonds is 4. The smallest absolute Gasteiger partial charge is 0.150 e. The monoisotopic (exact) mass is 141 g/mol. The molecule has 0 aliphatic heterocycles. The van der Waals surface area contributed by atoms with Crippen molar-refractivity contribution in [2.24, 2.45) is 0 Å². The third-order valence-electron chi connectivity index (χ3n) is 0.992. The number of carbonyl (C=O) groups is 1. The van der Waals surface area contributed by atoms with Crippen molar-refractivity contribution in [1.82, 2.24) is 4.90 Å². The van der Waals surface area contributed by atoms with Gasteiger partial charge in [-0.05, 0) is 21.0 Å². The van der Waals surface area contributed by atoms with Crippen molar-refractivity contribution in [2.45, 2.75) is 13.3 Å². The Morgan fingerprint density at radius 2 is 2.00 bits per heavy atom. The Morgan fingerprint density at radius 1 is 1.50 bits per heavy atom. The quantitative estimate of drug-likeness (QED) is 0.546. The van der Waals surface area contributed by atoms with Crippen molar-refractivity contribution in [3.63, 3.8) is 0 Å². The Hall–Kier alpha value is -0.630. The van der Waals surface area contributed by atoms with E-state index < -0.39 is 0 Å². The van der Waals surface area contributed by atoms with Crippen LogP contribution >= 0.6 is 0 Å². The molecule has 0 amide bonds. The van der Waals surface area contributed by atoms with Gasteiger partial charge in [-0.2, -0.15) is 0 Å². The lowest BCUT2D eigenvalue weighted by atomic mass is 10.2. The summed E-state index contributed by atoms with van der Waals surface area (Å²) < 4.78 is 0. The van der Waals surface area contributed by atoms with Gasteiger partial charge in [0, 0.05) is 6.42 Å². The summed E-state index contributed by atoms with van der Waals surface area (Å²) in [6.07, 6.45) is 0.512. The lowest BCUT2D eigenvalue weighted by Crippen LogP contribution is -2.21. The molecule has 2 heteroatoms. The number of carbonyl (C=O) groups excluding carboxylic acids is 1. The van der Waals surface area contributed by atoms with E-state index in [1.54, 1.807) is 0 Å². The summed E-state index contributed by atoms with van der Waals surface area (Å²) in [6.45, 7) is 6.05. The van der Waals surface area contributed by atoms with Crippen LogP contribution in [-0.2, 0) is 4.79 Å². The number of allylic oxidation sites excluding steroid dienone is 1. The third-order valence-corrected chi connectivity index (χ3v) is 0.992. The van der Waals surface area contributed by atoms with E-state index in [4.69, 9.17) is 0 Å². The molecule has 0 spiro atoms. The fourth-order valence-corrected chi connectivity index (χ4v) is 0.745. The van der Waals surface area contributed by atoms with Crippen LogP contribution in [0.5, 0.6) is 0 Å². The molecule has 0 aliphatic rings. The zero-order chi connectivity index (χ0) is 8.15. The molecule has 0 rings (SSSR count). The molecule has 0 aliphatic carbocycles. The summed E-state index contributed by atoms with van der Waals surface area (Å²) in [6, 6.07) is 0. The highest BCUT2D eigenvalue weighted by molar-refractivity contribution is 5.82. The van der Waals surface area contributed by atoms with Gasteiger partial charge in [0.25, 0.3) is 0 Å². The molecule has 0 heterocycles. The maximum atomic E-state index is 11.0. The average Bonchev–Trinajstić information content (AvgIpc) is 1.58. The predicted octanol–water partition coefficient (Wildman–Crippen LogP) is 1.08. The summed E-state index contributed by atoms with van der Waals surface area (Å²) in [5.41, 5.74) is 0.937. The van der Waals surface area contributed by atoms with Crippen molar-refractivity contribution in [3.05, 3.63) is 12.2 Å². The van der Waals surface area contributed by atoms with Gasteiger partial charge >= 0.3 is 0 Å². The molecule has 2 nitrogen and oxygen atoms in total. The van der Waals surface area contributed by atoms with Crippen molar-refractivity contribution in [1.29, 1.82) is 0 Å². The van der Waals surface area contributed by atoms with Crippen LogP contribution in [0.4, 0.5) is 0 Å². The van der Waals surface area contributed by atoms with Crippen molar-refractivity contribution in [2.75, 3.05) is 20.6 Å². The minimum absolute atomic E-state index is 0.234. The number of hydrogen-bond acceptors (Lipinski definition) is 2. The first-order valence-corrected chi connectivity index (χ1v) is 3.33. The van der Waals surface area contributed by atoms with Gasteiger partial charge in [0.05, 0.1) is 6.54 Å². The van der Waals surface area contributed by atoms with Crippen LogP contribution in [0, 0.1) is 0 Å². The van der Waals surface area contributed by atoms with Gasteiger partial charge in [0.2, 0.25) is 0 Å². The minimum Gasteiger partial charge on any atom is -0.302 e. The molecule has 0 bridgehead atoms. The van der Waals surface area contributed by atoms with E-state index in [2.05, 4.69) is 6.58 Å². The van der Waals surface area contributed by atoms with E-state index in [9.17, 15) is 4.79 Å². The first-order valence-electron chi connectivity index (χ1n) is 3.33. The fraction of sp³-hybridized carbons (Fsp3) is 0.625. The Labute approximate surface area is 62.5 Å². The summed E-state index contributed by atoms with van der Waals surface area (Å²) in [7, 11) is 3.77. The van der Waals surface area contributed by atoms with Crippen LogP contribution in [0.3, 0.4) is 0 Å². The first kappa shape index (κ1) is 9.37. The molecule has 58 valence electrons. The minimum atomic E-state index is 0.234. The molecule has 0 saturated heterocycles. The lowest BCUT2D eigenvalue weighted by Gasteiger charge is -2.07. The second-order valence-corrected chi connectivity index (χ2v) is 2.91. The Kier molecular flexibility index (Phi) is 3.96. The van der Waals surface area contributed by atoms with Gasteiger partial charge in [-0.3, -0.25) is 4.79 Å². The summed E-state index contributed by atoms with van der Waals surface area (Å²) in [5.74, 6) is 0.234. The third kappa shape index (κ3) is 5.51. The van der Waals surface area contributed by atoms with E-state index in [1.807, 2.05) is 25.9 Å². The number of Topliss-reactive ketones (excluding diaryl/α,β-unsaturated/α-hetero) is 1. The highest BCUT2D eigenvalue weighted by Gasteiger charge is 2.01. The van der Waals surface area contributed by atoms with Gasteiger partial charge in [0.1, 0.15) is 0 Å². The maximum Gasteiger partial charge on any atom is 0.150 e. The van der Waals surface area contributed by atoms with Crippen molar-refractivity contribution in [3.8, 4) is 0 Å². The van der Waals surface area contributed by atoms with E-state index in [0.29, 0.717) is 13.0 Å². The molecular weight excluding hydrogens is 126 g/mol. The lowest BCUT2D eigenvalue weighted by molar-refractivity contribution is -0.119. The van der Waals surface area contributed by atoms with Crippen LogP contribution in [0.15, 0.2) is 12.2 Å². The standard InChI is InChI=1S/C8H15NO/c1-7(2)5-8(10)6-9(3)4/h1,5-6H2,2-4H3. The maximum absolute atomic E-state index is 11.0. The summed E-state index contributed by atoms with van der Waals surface area (Å²) >= 11 is 0. The highest BCUT2D eigenvalue weighted by Crippen LogP contribution is 1.96. The van der Waals surface area contributed by atoms with Crippen molar-refractivity contribution < 1.29 is 4.79 Å². The predicted molar refractivity (Wildman–Crippen MR) is 43.0 cm³/mol. The molecule has 0 unspecified atom stereocenters. The number of ketones is 1. The molecule has 10 heavy (non-hydrogen) atoms. The second kappa shape index (κ2) is 4.23. The van der Waals surface area contributed by atoms with Gasteiger partial charge in [-0.25, -0.2) is 0 Å². The zero-order valence-corrected chi connectivity index (χ0v) is 6.98. The van der Waals surface area contributed by atoms with Gasteiger partial charge in [-0.1, -0.05) is 12.2 Å². The van der Waals surface area contributed by atoms with Gasteiger partial charge in [0.15, 0.2) is 5.78 Å². The molecule has 0 fully saturated rings. The highest BCUT2D eigenvalue weighted by atomic mass is 16.1. The van der Waals surface area contributed by atoms with Crippen LogP contribution in [0.1, 0.15) is 13.3 Å². The van der Waals surface area contributed by atoms with E-state index in [0.717, 1.165) is 5.57 Å². The Bertz CT molecular complexity index is 138. The SMILES string of the molecule is C=C(C)CC(=O)CN(C)C. The Morgan fingerprint density at radius 3 is 2.30 bits per heavy atom. The zero-order valence-electron chi connectivity index (χ0n) is 6.98. The summed E-state index contributed by atoms with van der Waals surface area (Å²) in [4.78, 5) is 12.8. The van der Waals surface area contributed by atoms with Crippen molar-refractivity contribution >= 4 is 5.78 Å². The molecule has 0 N–H and O–H groups in total. The number of likely N-dealkylation sites (N-methyl/N-ethyl adjacent to an activating group) is 1. The van der Waals surface area contributed by atoms with E-state index in [-0.39, 0.29) is 5.78 Å². The molecule has 0 aromatic carbocycles. The fourth-order valence-electron chi connectivity index (χ4n) is 0.745. The number of nitrogens with zero attached hydrogens (tertiary/aromatic N) is 1.